The second kappa shape index (κ2) is 9.90. The Morgan fingerprint density at radius 1 is 1.09 bits per heavy atom. The molecule has 1 saturated heterocycles. The normalized spacial score (nSPS) is 17.3. The first-order valence-electron chi connectivity index (χ1n) is 11.2. The Kier molecular flexibility index (Phi) is 6.53. The van der Waals surface area contributed by atoms with Crippen LogP contribution in [0.2, 0.25) is 5.02 Å². The van der Waals surface area contributed by atoms with Gasteiger partial charge in [0.05, 0.1) is 11.7 Å². The average molecular weight is 503 g/mol. The van der Waals surface area contributed by atoms with Crippen molar-refractivity contribution in [2.24, 2.45) is 0 Å². The fraction of sp³-hybridized carbons (Fsp3) is 0.148. The predicted molar refractivity (Wildman–Crippen MR) is 141 cm³/mol. The monoisotopic (exact) mass is 502 g/mol. The molecule has 2 N–H and O–H groups in total. The lowest BCUT2D eigenvalue weighted by Crippen LogP contribution is -2.36. The highest BCUT2D eigenvalue weighted by atomic mass is 35.5. The van der Waals surface area contributed by atoms with Crippen molar-refractivity contribution in [3.05, 3.63) is 107 Å². The van der Waals surface area contributed by atoms with E-state index in [2.05, 4.69) is 15.6 Å². The molecule has 4 aromatic rings. The van der Waals surface area contributed by atoms with Crippen LogP contribution in [0.3, 0.4) is 0 Å². The Morgan fingerprint density at radius 2 is 1.89 bits per heavy atom. The molecule has 0 aliphatic carbocycles. The summed E-state index contributed by atoms with van der Waals surface area (Å²) in [6.45, 7) is 2.02. The number of nitrogens with one attached hydrogen (secondary N) is 2. The van der Waals surface area contributed by atoms with Gasteiger partial charge in [-0.15, -0.1) is 0 Å². The molecular formula is C27H23ClN4O2S. The minimum absolute atomic E-state index is 0.0565. The number of para-hydroxylation sites is 1. The van der Waals surface area contributed by atoms with Crippen molar-refractivity contribution in [1.29, 1.82) is 0 Å². The maximum Gasteiger partial charge on any atom is 0.244 e. The minimum Gasteiger partial charge on any atom is -0.459 e. The van der Waals surface area contributed by atoms with Crippen molar-refractivity contribution in [2.75, 3.05) is 11.9 Å². The first kappa shape index (κ1) is 23.1. The third-order valence-corrected chi connectivity index (χ3v) is 6.78. The number of hydrogen-bond donors (Lipinski definition) is 2. The van der Waals surface area contributed by atoms with Gasteiger partial charge in [-0.05, 0) is 67.2 Å². The SMILES string of the molecule is Cc1c(Cl)cccc1-c1ccc(C2C(c3ccccn3)NC(=S)N2CC(=O)Nc2ccccc2)o1. The number of furan rings is 1. The lowest BCUT2D eigenvalue weighted by Gasteiger charge is -2.25. The number of hydrogen-bond acceptors (Lipinski definition) is 4. The molecule has 1 amide bonds. The van der Waals surface area contributed by atoms with Gasteiger partial charge in [0.1, 0.15) is 24.1 Å². The average Bonchev–Trinajstić information content (AvgIpc) is 3.47. The lowest BCUT2D eigenvalue weighted by atomic mass is 10.0. The van der Waals surface area contributed by atoms with E-state index in [-0.39, 0.29) is 24.5 Å². The zero-order chi connectivity index (χ0) is 24.4. The molecule has 2 aromatic carbocycles. The van der Waals surface area contributed by atoms with Crippen molar-refractivity contribution in [3.8, 4) is 11.3 Å². The van der Waals surface area contributed by atoms with Gasteiger partial charge in [0.2, 0.25) is 5.91 Å². The first-order chi connectivity index (χ1) is 17.0. The third kappa shape index (κ3) is 4.78. The van der Waals surface area contributed by atoms with E-state index < -0.39 is 0 Å². The summed E-state index contributed by atoms with van der Waals surface area (Å²) in [7, 11) is 0. The molecule has 0 bridgehead atoms. The molecule has 2 unspecified atom stereocenters. The largest absolute Gasteiger partial charge is 0.459 e. The number of anilines is 1. The van der Waals surface area contributed by atoms with Gasteiger partial charge in [-0.2, -0.15) is 0 Å². The van der Waals surface area contributed by atoms with Crippen LogP contribution < -0.4 is 10.6 Å². The number of amides is 1. The van der Waals surface area contributed by atoms with Crippen LogP contribution in [0.25, 0.3) is 11.3 Å². The fourth-order valence-electron chi connectivity index (χ4n) is 4.29. The summed E-state index contributed by atoms with van der Waals surface area (Å²) < 4.78 is 6.36. The molecule has 0 radical (unpaired) electrons. The molecule has 1 fully saturated rings. The minimum atomic E-state index is -0.368. The Hall–Kier alpha value is -3.68. The lowest BCUT2D eigenvalue weighted by molar-refractivity contribution is -0.116. The second-order valence-electron chi connectivity index (χ2n) is 8.28. The number of rotatable bonds is 6. The Bertz CT molecular complexity index is 1360. The number of aromatic nitrogens is 1. The van der Waals surface area contributed by atoms with E-state index >= 15 is 0 Å². The molecule has 1 aliphatic rings. The number of nitrogens with zero attached hydrogens (tertiary/aromatic N) is 2. The highest BCUT2D eigenvalue weighted by Gasteiger charge is 2.42. The van der Waals surface area contributed by atoms with Gasteiger partial charge in [-0.1, -0.05) is 48.0 Å². The van der Waals surface area contributed by atoms with Gasteiger partial charge in [-0.25, -0.2) is 0 Å². The molecule has 3 heterocycles. The molecule has 2 aromatic heterocycles. The van der Waals surface area contributed by atoms with E-state index in [0.29, 0.717) is 21.7 Å². The number of carbonyl (C=O) groups is 1. The summed E-state index contributed by atoms with van der Waals surface area (Å²) in [6.07, 6.45) is 1.74. The maximum atomic E-state index is 12.9. The van der Waals surface area contributed by atoms with E-state index in [0.717, 1.165) is 22.5 Å². The Balaban J connectivity index is 1.48. The summed E-state index contributed by atoms with van der Waals surface area (Å²) in [5, 5.41) is 7.41. The van der Waals surface area contributed by atoms with Crippen molar-refractivity contribution < 1.29 is 9.21 Å². The van der Waals surface area contributed by atoms with Crippen molar-refractivity contribution in [3.63, 3.8) is 0 Å². The van der Waals surface area contributed by atoms with E-state index in [1.54, 1.807) is 6.20 Å². The summed E-state index contributed by atoms with van der Waals surface area (Å²) in [6, 6.07) is 24.0. The summed E-state index contributed by atoms with van der Waals surface area (Å²) >= 11 is 12.0. The number of halogens is 1. The van der Waals surface area contributed by atoms with E-state index in [1.807, 2.05) is 90.7 Å². The van der Waals surface area contributed by atoms with Gasteiger partial charge >= 0.3 is 0 Å². The smallest absolute Gasteiger partial charge is 0.244 e. The van der Waals surface area contributed by atoms with Crippen LogP contribution in [-0.2, 0) is 4.79 Å². The predicted octanol–water partition coefficient (Wildman–Crippen LogP) is 5.91. The van der Waals surface area contributed by atoms with E-state index in [1.165, 1.54) is 0 Å². The first-order valence-corrected chi connectivity index (χ1v) is 12.0. The van der Waals surface area contributed by atoms with Gasteiger partial charge < -0.3 is 20.0 Å². The zero-order valence-electron chi connectivity index (χ0n) is 18.9. The van der Waals surface area contributed by atoms with Crippen LogP contribution in [0, 0.1) is 6.92 Å². The number of carbonyl (C=O) groups excluding carboxylic acids is 1. The second-order valence-corrected chi connectivity index (χ2v) is 9.08. The van der Waals surface area contributed by atoms with Crippen LogP contribution in [0.5, 0.6) is 0 Å². The van der Waals surface area contributed by atoms with Gasteiger partial charge in [0.25, 0.3) is 0 Å². The van der Waals surface area contributed by atoms with Crippen LogP contribution in [0.1, 0.15) is 29.1 Å². The highest BCUT2D eigenvalue weighted by Crippen LogP contribution is 2.41. The van der Waals surface area contributed by atoms with Gasteiger partial charge in [0, 0.05) is 22.5 Å². The number of benzene rings is 2. The zero-order valence-corrected chi connectivity index (χ0v) is 20.5. The molecule has 0 saturated carbocycles. The Morgan fingerprint density at radius 3 is 2.66 bits per heavy atom. The quantitative estimate of drug-likeness (QED) is 0.319. The van der Waals surface area contributed by atoms with E-state index in [4.69, 9.17) is 28.2 Å². The van der Waals surface area contributed by atoms with E-state index in [9.17, 15) is 4.79 Å². The van der Waals surface area contributed by atoms with Gasteiger partial charge in [-0.3, -0.25) is 9.78 Å². The molecule has 1 aliphatic heterocycles. The van der Waals surface area contributed by atoms with Crippen molar-refractivity contribution in [1.82, 2.24) is 15.2 Å². The molecule has 0 spiro atoms. The van der Waals surface area contributed by atoms with Crippen molar-refractivity contribution >= 4 is 40.5 Å². The maximum absolute atomic E-state index is 12.9. The molecule has 2 atom stereocenters. The van der Waals surface area contributed by atoms with Gasteiger partial charge in [0.15, 0.2) is 5.11 Å². The Labute approximate surface area is 213 Å². The molecule has 35 heavy (non-hydrogen) atoms. The molecular weight excluding hydrogens is 480 g/mol. The highest BCUT2D eigenvalue weighted by molar-refractivity contribution is 7.80. The summed E-state index contributed by atoms with van der Waals surface area (Å²) in [5.74, 6) is 1.20. The number of pyridine rings is 1. The molecule has 176 valence electrons. The molecule has 6 nitrogen and oxygen atoms in total. The summed E-state index contributed by atoms with van der Waals surface area (Å²) in [5.41, 5.74) is 3.39. The topological polar surface area (TPSA) is 70.4 Å². The van der Waals surface area contributed by atoms with Crippen LogP contribution in [0.15, 0.2) is 89.5 Å². The molecule has 8 heteroatoms. The van der Waals surface area contributed by atoms with Crippen LogP contribution >= 0.6 is 23.8 Å². The fourth-order valence-corrected chi connectivity index (χ4v) is 4.77. The van der Waals surface area contributed by atoms with Crippen LogP contribution in [0.4, 0.5) is 5.69 Å². The molecule has 5 rings (SSSR count). The number of thiocarbonyl (C=S) groups is 1. The summed E-state index contributed by atoms with van der Waals surface area (Å²) in [4.78, 5) is 19.3. The third-order valence-electron chi connectivity index (χ3n) is 6.02. The van der Waals surface area contributed by atoms with Crippen molar-refractivity contribution in [2.45, 2.75) is 19.0 Å². The standard InChI is InChI=1S/C27H23ClN4O2S/c1-17-19(10-7-11-20(17)28)22-13-14-23(34-22)26-25(21-12-5-6-15-29-21)31-27(35)32(26)16-24(33)30-18-8-3-2-4-9-18/h2-15,25-26H,16H2,1H3,(H,30,33)(H,31,35). The van der Waals surface area contributed by atoms with Crippen LogP contribution in [-0.4, -0.2) is 27.4 Å².